The molecular formula is C25H31Cl2N3O5S. The van der Waals surface area contributed by atoms with Gasteiger partial charge in [-0.2, -0.15) is 0 Å². The molecule has 11 heteroatoms. The van der Waals surface area contributed by atoms with Crippen molar-refractivity contribution in [2.45, 2.75) is 42.1 Å². The first-order chi connectivity index (χ1) is 16.2. The molecule has 1 atom stereocenters. The Kier molecular flexibility index (Phi) is 12.3. The maximum Gasteiger partial charge on any atom is 0.252 e. The normalized spacial score (nSPS) is 11.7. The van der Waals surface area contributed by atoms with Crippen molar-refractivity contribution >= 4 is 40.6 Å². The molecule has 2 aromatic carbocycles. The number of aromatic hydroxyl groups is 1. The van der Waals surface area contributed by atoms with Gasteiger partial charge >= 0.3 is 0 Å². The Hall–Kier alpha value is -2.69. The first-order valence-electron chi connectivity index (χ1n) is 11.0. The number of nitrogens with two attached hydrogens (primary N) is 1. The summed E-state index contributed by atoms with van der Waals surface area (Å²) >= 11 is 0. The number of amides is 1. The summed E-state index contributed by atoms with van der Waals surface area (Å²) in [5, 5.41) is 23.6. The van der Waals surface area contributed by atoms with E-state index in [0.717, 1.165) is 17.2 Å². The van der Waals surface area contributed by atoms with Gasteiger partial charge in [-0.3, -0.25) is 9.78 Å². The number of rotatable bonds is 11. The van der Waals surface area contributed by atoms with Crippen LogP contribution in [0, 0.1) is 0 Å². The number of hydrogen-bond donors (Lipinski definition) is 4. The van der Waals surface area contributed by atoms with Crippen LogP contribution < -0.4 is 11.1 Å². The zero-order chi connectivity index (χ0) is 24.7. The van der Waals surface area contributed by atoms with Gasteiger partial charge in [0.1, 0.15) is 5.75 Å². The van der Waals surface area contributed by atoms with Crippen molar-refractivity contribution in [3.05, 3.63) is 83.2 Å². The average molecular weight is 557 g/mol. The molecule has 0 aliphatic carbocycles. The predicted molar refractivity (Wildman–Crippen MR) is 143 cm³/mol. The van der Waals surface area contributed by atoms with Crippen LogP contribution in [0.4, 0.5) is 0 Å². The van der Waals surface area contributed by atoms with E-state index in [-0.39, 0.29) is 45.9 Å². The van der Waals surface area contributed by atoms with Gasteiger partial charge in [-0.15, -0.1) is 24.8 Å². The molecule has 0 fully saturated rings. The molecule has 0 bridgehead atoms. The lowest BCUT2D eigenvalue weighted by Crippen LogP contribution is -2.23. The molecule has 0 aliphatic rings. The maximum absolute atomic E-state index is 13.2. The van der Waals surface area contributed by atoms with Crippen LogP contribution in [0.15, 0.2) is 70.7 Å². The molecule has 0 unspecified atom stereocenters. The van der Waals surface area contributed by atoms with E-state index in [4.69, 9.17) is 5.73 Å². The standard InChI is InChI=1S/C25H29N3O5S.2ClH/c1-2-4-18-13-21(14-22(24(18)30)25(26)31)34(32,33)20-8-6-17(7-9-20)10-12-28-16-23(29)19-5-3-11-27-15-19;;/h3,5-9,11,13-15,23,28-30H,2,4,10,12,16H2,1H3,(H2,26,31);2*1H/t23-;;/m0../s1. The highest BCUT2D eigenvalue weighted by Crippen LogP contribution is 2.31. The molecule has 0 saturated heterocycles. The van der Waals surface area contributed by atoms with Crippen LogP contribution in [0.3, 0.4) is 0 Å². The molecule has 3 aromatic rings. The second kappa shape index (κ2) is 14.2. The molecule has 1 amide bonds. The molecule has 196 valence electrons. The lowest BCUT2D eigenvalue weighted by Gasteiger charge is -2.13. The van der Waals surface area contributed by atoms with Crippen LogP contribution in [0.5, 0.6) is 5.75 Å². The number of primary amides is 1. The molecule has 0 spiro atoms. The molecule has 1 heterocycles. The number of halogens is 2. The number of nitrogens with zero attached hydrogens (tertiary/aromatic N) is 1. The number of aliphatic hydroxyl groups is 1. The molecule has 5 N–H and O–H groups in total. The van der Waals surface area contributed by atoms with Crippen LogP contribution in [0.25, 0.3) is 0 Å². The fraction of sp³-hybridized carbons (Fsp3) is 0.280. The molecule has 36 heavy (non-hydrogen) atoms. The minimum atomic E-state index is -3.91. The van der Waals surface area contributed by atoms with Crippen LogP contribution in [-0.2, 0) is 22.7 Å². The third-order valence-electron chi connectivity index (χ3n) is 5.49. The van der Waals surface area contributed by atoms with E-state index in [9.17, 15) is 23.4 Å². The third kappa shape index (κ3) is 7.65. The quantitative estimate of drug-likeness (QED) is 0.265. The van der Waals surface area contributed by atoms with E-state index in [0.29, 0.717) is 37.9 Å². The number of hydrogen-bond acceptors (Lipinski definition) is 7. The Morgan fingerprint density at radius 1 is 1.08 bits per heavy atom. The lowest BCUT2D eigenvalue weighted by molar-refractivity contribution is 0.0997. The maximum atomic E-state index is 13.2. The van der Waals surface area contributed by atoms with Crippen LogP contribution in [0.2, 0.25) is 0 Å². The Bertz CT molecular complexity index is 1240. The monoisotopic (exact) mass is 555 g/mol. The average Bonchev–Trinajstić information content (AvgIpc) is 2.83. The Morgan fingerprint density at radius 2 is 1.78 bits per heavy atom. The molecule has 0 aliphatic heterocycles. The van der Waals surface area contributed by atoms with Gasteiger partial charge in [0.2, 0.25) is 9.84 Å². The van der Waals surface area contributed by atoms with Gasteiger partial charge < -0.3 is 21.3 Å². The van der Waals surface area contributed by atoms with Gasteiger partial charge in [0.15, 0.2) is 0 Å². The number of phenols is 1. The Balaban J connectivity index is 0.00000324. The highest BCUT2D eigenvalue weighted by atomic mass is 35.5. The summed E-state index contributed by atoms with van der Waals surface area (Å²) in [6.45, 7) is 2.86. The van der Waals surface area contributed by atoms with Gasteiger partial charge in [0.05, 0.1) is 21.5 Å². The van der Waals surface area contributed by atoms with Crippen molar-refractivity contribution in [2.24, 2.45) is 5.73 Å². The Morgan fingerprint density at radius 3 is 2.36 bits per heavy atom. The molecule has 3 rings (SSSR count). The van der Waals surface area contributed by atoms with E-state index >= 15 is 0 Å². The van der Waals surface area contributed by atoms with Crippen molar-refractivity contribution in [1.29, 1.82) is 0 Å². The lowest BCUT2D eigenvalue weighted by atomic mass is 10.0. The van der Waals surface area contributed by atoms with Gasteiger partial charge in [-0.05, 0) is 60.8 Å². The summed E-state index contributed by atoms with van der Waals surface area (Å²) in [5.41, 5.74) is 7.17. The first-order valence-corrected chi connectivity index (χ1v) is 12.5. The smallest absolute Gasteiger partial charge is 0.252 e. The number of carbonyl (C=O) groups excluding carboxylic acids is 1. The first kappa shape index (κ1) is 31.3. The SMILES string of the molecule is CCCc1cc(S(=O)(=O)c2ccc(CCNC[C@H](O)c3cccnc3)cc2)cc(C(N)=O)c1O.Cl.Cl. The zero-order valence-electron chi connectivity index (χ0n) is 19.8. The molecular weight excluding hydrogens is 525 g/mol. The van der Waals surface area contributed by atoms with E-state index in [1.165, 1.54) is 18.2 Å². The Labute approximate surface area is 223 Å². The number of aryl methyl sites for hydroxylation is 1. The van der Waals surface area contributed by atoms with Gasteiger partial charge in [0, 0.05) is 24.5 Å². The number of benzene rings is 2. The summed E-state index contributed by atoms with van der Waals surface area (Å²) in [7, 11) is -3.91. The summed E-state index contributed by atoms with van der Waals surface area (Å²) in [6.07, 6.45) is 4.34. The van der Waals surface area contributed by atoms with Crippen LogP contribution in [-0.4, -0.2) is 42.6 Å². The third-order valence-corrected chi connectivity index (χ3v) is 7.24. The van der Waals surface area contributed by atoms with Crippen molar-refractivity contribution in [3.8, 4) is 5.75 Å². The predicted octanol–water partition coefficient (Wildman–Crippen LogP) is 3.38. The van der Waals surface area contributed by atoms with Gasteiger partial charge in [-0.25, -0.2) is 8.42 Å². The number of sulfone groups is 1. The number of carbonyl (C=O) groups is 1. The van der Waals surface area contributed by atoms with Crippen molar-refractivity contribution < 1.29 is 23.4 Å². The largest absolute Gasteiger partial charge is 0.507 e. The number of aliphatic hydroxyl groups excluding tert-OH is 1. The van der Waals surface area contributed by atoms with Crippen molar-refractivity contribution in [1.82, 2.24) is 10.3 Å². The second-order valence-corrected chi connectivity index (χ2v) is 9.95. The van der Waals surface area contributed by atoms with Gasteiger partial charge in [-0.1, -0.05) is 31.5 Å². The van der Waals surface area contributed by atoms with E-state index in [2.05, 4.69) is 10.3 Å². The topological polar surface area (TPSA) is 143 Å². The van der Waals surface area contributed by atoms with Crippen molar-refractivity contribution in [3.63, 3.8) is 0 Å². The second-order valence-electron chi connectivity index (χ2n) is 8.00. The fourth-order valence-corrected chi connectivity index (χ4v) is 4.94. The highest BCUT2D eigenvalue weighted by molar-refractivity contribution is 7.91. The van der Waals surface area contributed by atoms with Crippen LogP contribution >= 0.6 is 24.8 Å². The van der Waals surface area contributed by atoms with Crippen molar-refractivity contribution in [2.75, 3.05) is 13.1 Å². The van der Waals surface area contributed by atoms with Crippen LogP contribution in [0.1, 0.15) is 46.5 Å². The molecule has 8 nitrogen and oxygen atoms in total. The zero-order valence-corrected chi connectivity index (χ0v) is 22.2. The van der Waals surface area contributed by atoms with E-state index in [1.54, 1.807) is 30.6 Å². The highest BCUT2D eigenvalue weighted by Gasteiger charge is 2.23. The number of aromatic nitrogens is 1. The summed E-state index contributed by atoms with van der Waals surface area (Å²) in [6, 6.07) is 12.6. The van der Waals surface area contributed by atoms with E-state index in [1.807, 2.05) is 13.0 Å². The summed E-state index contributed by atoms with van der Waals surface area (Å²) in [5.74, 6) is -1.16. The van der Waals surface area contributed by atoms with E-state index < -0.39 is 21.8 Å². The molecule has 0 saturated carbocycles. The minimum absolute atomic E-state index is 0. The minimum Gasteiger partial charge on any atom is -0.507 e. The van der Waals surface area contributed by atoms with Gasteiger partial charge in [0.25, 0.3) is 5.91 Å². The summed E-state index contributed by atoms with van der Waals surface area (Å²) < 4.78 is 26.4. The fourth-order valence-electron chi connectivity index (χ4n) is 3.60. The molecule has 0 radical (unpaired) electrons. The number of pyridine rings is 1. The summed E-state index contributed by atoms with van der Waals surface area (Å²) in [4.78, 5) is 15.7. The molecule has 1 aromatic heterocycles. The number of nitrogens with one attached hydrogen (secondary N) is 1.